The number of nitrogens with zero attached hydrogens (tertiary/aromatic N) is 1. The summed E-state index contributed by atoms with van der Waals surface area (Å²) in [7, 11) is 4.21. The fourth-order valence-electron chi connectivity index (χ4n) is 2.36. The molecule has 0 aliphatic heterocycles. The van der Waals surface area contributed by atoms with Gasteiger partial charge >= 0.3 is 5.97 Å². The number of carboxylic acid groups (broad SMARTS) is 1. The van der Waals surface area contributed by atoms with E-state index in [2.05, 4.69) is 32.8 Å². The molecule has 0 aromatic heterocycles. The maximum atomic E-state index is 10.9. The number of aliphatic carboxylic acids is 1. The van der Waals surface area contributed by atoms with Crippen LogP contribution in [0.3, 0.4) is 0 Å². The average Bonchev–Trinajstić information content (AvgIpc) is 2.31. The Labute approximate surface area is 112 Å². The summed E-state index contributed by atoms with van der Waals surface area (Å²) in [6, 6.07) is 0. The minimum absolute atomic E-state index is 0.113. The minimum atomic E-state index is -0.811. The first-order valence-electron chi connectivity index (χ1n) is 6.97. The standard InChI is InChI=1S/C15H29NO2/c1-6-8-11-15(10-7-2,16(4)5)12-9-13(3)14(17)18/h9H,6-8,10-12H2,1-5H3,(H,17,18). The van der Waals surface area contributed by atoms with E-state index in [0.717, 1.165) is 25.7 Å². The number of unbranched alkanes of at least 4 members (excludes halogenated alkanes) is 1. The molecule has 0 saturated heterocycles. The lowest BCUT2D eigenvalue weighted by molar-refractivity contribution is -0.132. The zero-order valence-electron chi connectivity index (χ0n) is 12.6. The van der Waals surface area contributed by atoms with E-state index in [0.29, 0.717) is 5.57 Å². The average molecular weight is 255 g/mol. The third kappa shape index (κ3) is 5.21. The summed E-state index contributed by atoms with van der Waals surface area (Å²) >= 11 is 0. The first-order chi connectivity index (χ1) is 8.39. The van der Waals surface area contributed by atoms with Crippen molar-refractivity contribution in [3.8, 4) is 0 Å². The van der Waals surface area contributed by atoms with Gasteiger partial charge in [0, 0.05) is 11.1 Å². The van der Waals surface area contributed by atoms with Crippen LogP contribution < -0.4 is 0 Å². The van der Waals surface area contributed by atoms with Crippen LogP contribution in [0.25, 0.3) is 0 Å². The van der Waals surface area contributed by atoms with Crippen LogP contribution in [0.4, 0.5) is 0 Å². The molecule has 0 radical (unpaired) electrons. The quantitative estimate of drug-likeness (QED) is 0.639. The molecule has 1 N–H and O–H groups in total. The molecule has 3 nitrogen and oxygen atoms in total. The predicted octanol–water partition coefficient (Wildman–Crippen LogP) is 3.70. The second-order valence-corrected chi connectivity index (χ2v) is 5.37. The fraction of sp³-hybridized carbons (Fsp3) is 0.800. The molecule has 1 unspecified atom stereocenters. The zero-order chi connectivity index (χ0) is 14.2. The van der Waals surface area contributed by atoms with Gasteiger partial charge in [0.2, 0.25) is 0 Å². The van der Waals surface area contributed by atoms with Gasteiger partial charge < -0.3 is 10.0 Å². The van der Waals surface area contributed by atoms with E-state index < -0.39 is 5.97 Å². The molecule has 1 atom stereocenters. The Kier molecular flexibility index (Phi) is 7.92. The van der Waals surface area contributed by atoms with Crippen LogP contribution in [-0.4, -0.2) is 35.6 Å². The topological polar surface area (TPSA) is 40.5 Å². The highest BCUT2D eigenvalue weighted by Gasteiger charge is 2.29. The molecule has 0 fully saturated rings. The van der Waals surface area contributed by atoms with Crippen molar-refractivity contribution < 1.29 is 9.90 Å². The highest BCUT2D eigenvalue weighted by atomic mass is 16.4. The molecule has 0 amide bonds. The lowest BCUT2D eigenvalue weighted by Crippen LogP contribution is -2.43. The summed E-state index contributed by atoms with van der Waals surface area (Å²) in [5.41, 5.74) is 0.565. The second-order valence-electron chi connectivity index (χ2n) is 5.37. The van der Waals surface area contributed by atoms with Crippen molar-refractivity contribution in [2.24, 2.45) is 0 Å². The third-order valence-electron chi connectivity index (χ3n) is 3.79. The van der Waals surface area contributed by atoms with Crippen LogP contribution in [0.15, 0.2) is 11.6 Å². The molecule has 0 heterocycles. The molecular formula is C15H29NO2. The van der Waals surface area contributed by atoms with Crippen molar-refractivity contribution in [2.45, 2.75) is 64.8 Å². The highest BCUT2D eigenvalue weighted by molar-refractivity contribution is 5.85. The van der Waals surface area contributed by atoms with Crippen LogP contribution in [0.5, 0.6) is 0 Å². The Morgan fingerprint density at radius 3 is 2.22 bits per heavy atom. The SMILES string of the molecule is CCCCC(CC=C(C)C(=O)O)(CCC)N(C)C. The van der Waals surface area contributed by atoms with E-state index in [-0.39, 0.29) is 5.54 Å². The van der Waals surface area contributed by atoms with Crippen LogP contribution in [-0.2, 0) is 4.79 Å². The molecule has 106 valence electrons. The monoisotopic (exact) mass is 255 g/mol. The number of rotatable bonds is 9. The Morgan fingerprint density at radius 2 is 1.83 bits per heavy atom. The zero-order valence-corrected chi connectivity index (χ0v) is 12.6. The van der Waals surface area contributed by atoms with Crippen molar-refractivity contribution in [2.75, 3.05) is 14.1 Å². The maximum Gasteiger partial charge on any atom is 0.330 e. The maximum absolute atomic E-state index is 10.9. The number of carbonyl (C=O) groups is 1. The molecule has 0 aromatic rings. The van der Waals surface area contributed by atoms with E-state index >= 15 is 0 Å². The van der Waals surface area contributed by atoms with Crippen molar-refractivity contribution >= 4 is 5.97 Å². The molecule has 0 spiro atoms. The molecule has 18 heavy (non-hydrogen) atoms. The van der Waals surface area contributed by atoms with E-state index in [9.17, 15) is 4.79 Å². The van der Waals surface area contributed by atoms with Crippen LogP contribution in [0, 0.1) is 0 Å². The van der Waals surface area contributed by atoms with E-state index in [1.807, 2.05) is 6.08 Å². The summed E-state index contributed by atoms with van der Waals surface area (Å²) in [6.07, 6.45) is 8.46. The van der Waals surface area contributed by atoms with Gasteiger partial charge in [0.15, 0.2) is 0 Å². The first kappa shape index (κ1) is 17.2. The van der Waals surface area contributed by atoms with Crippen molar-refractivity contribution in [3.05, 3.63) is 11.6 Å². The van der Waals surface area contributed by atoms with Crippen LogP contribution >= 0.6 is 0 Å². The van der Waals surface area contributed by atoms with E-state index in [1.54, 1.807) is 6.92 Å². The highest BCUT2D eigenvalue weighted by Crippen LogP contribution is 2.30. The summed E-state index contributed by atoms with van der Waals surface area (Å²) < 4.78 is 0. The van der Waals surface area contributed by atoms with Gasteiger partial charge in [-0.3, -0.25) is 0 Å². The van der Waals surface area contributed by atoms with Gasteiger partial charge in [-0.2, -0.15) is 0 Å². The van der Waals surface area contributed by atoms with Gasteiger partial charge in [0.1, 0.15) is 0 Å². The van der Waals surface area contributed by atoms with Crippen LogP contribution in [0.1, 0.15) is 59.3 Å². The minimum Gasteiger partial charge on any atom is -0.478 e. The Balaban J connectivity index is 4.92. The Bertz CT molecular complexity index is 284. The number of hydrogen-bond acceptors (Lipinski definition) is 2. The largest absolute Gasteiger partial charge is 0.478 e. The normalized spacial score (nSPS) is 15.8. The van der Waals surface area contributed by atoms with Gasteiger partial charge in [0.25, 0.3) is 0 Å². The molecule has 0 aromatic carbocycles. The van der Waals surface area contributed by atoms with Gasteiger partial charge in [0.05, 0.1) is 0 Å². The summed E-state index contributed by atoms with van der Waals surface area (Å²) in [5, 5.41) is 8.94. The summed E-state index contributed by atoms with van der Waals surface area (Å²) in [5.74, 6) is -0.811. The Morgan fingerprint density at radius 1 is 1.22 bits per heavy atom. The van der Waals surface area contributed by atoms with E-state index in [1.165, 1.54) is 12.8 Å². The lowest BCUT2D eigenvalue weighted by Gasteiger charge is -2.40. The van der Waals surface area contributed by atoms with Gasteiger partial charge in [-0.05, 0) is 40.3 Å². The molecule has 0 bridgehead atoms. The van der Waals surface area contributed by atoms with Crippen molar-refractivity contribution in [1.82, 2.24) is 4.90 Å². The molecule has 0 aliphatic carbocycles. The van der Waals surface area contributed by atoms with Crippen molar-refractivity contribution in [1.29, 1.82) is 0 Å². The molecular weight excluding hydrogens is 226 g/mol. The second kappa shape index (κ2) is 8.30. The van der Waals surface area contributed by atoms with Gasteiger partial charge in [-0.1, -0.05) is 39.2 Å². The predicted molar refractivity (Wildman–Crippen MR) is 76.9 cm³/mol. The van der Waals surface area contributed by atoms with E-state index in [4.69, 9.17) is 5.11 Å². The molecule has 3 heteroatoms. The van der Waals surface area contributed by atoms with Crippen LogP contribution in [0.2, 0.25) is 0 Å². The summed E-state index contributed by atoms with van der Waals surface area (Å²) in [6.45, 7) is 6.07. The van der Waals surface area contributed by atoms with Gasteiger partial charge in [-0.15, -0.1) is 0 Å². The smallest absolute Gasteiger partial charge is 0.330 e. The number of carboxylic acids is 1. The summed E-state index contributed by atoms with van der Waals surface area (Å²) in [4.78, 5) is 13.2. The lowest BCUT2D eigenvalue weighted by atomic mass is 9.83. The number of hydrogen-bond donors (Lipinski definition) is 1. The first-order valence-corrected chi connectivity index (χ1v) is 6.97. The van der Waals surface area contributed by atoms with Gasteiger partial charge in [-0.25, -0.2) is 4.79 Å². The molecule has 0 saturated carbocycles. The molecule has 0 aliphatic rings. The third-order valence-corrected chi connectivity index (χ3v) is 3.79. The Hall–Kier alpha value is -0.830. The van der Waals surface area contributed by atoms with Crippen molar-refractivity contribution in [3.63, 3.8) is 0 Å². The fourth-order valence-corrected chi connectivity index (χ4v) is 2.36. The molecule has 0 rings (SSSR count).